The van der Waals surface area contributed by atoms with Gasteiger partial charge in [0.15, 0.2) is 5.16 Å². The Morgan fingerprint density at radius 1 is 1.00 bits per heavy atom. The fourth-order valence-corrected chi connectivity index (χ4v) is 5.05. The molecule has 7 nitrogen and oxygen atoms in total. The number of thioether (sulfide) groups is 1. The molecular formula is C29H24ClF3N4O3S. The summed E-state index contributed by atoms with van der Waals surface area (Å²) in [7, 11) is 1.79. The Hall–Kier alpha value is -4.09. The molecule has 2 N–H and O–H groups in total. The number of para-hydroxylation sites is 1. The highest BCUT2D eigenvalue weighted by Gasteiger charge is 2.30. The molecule has 0 aliphatic rings. The van der Waals surface area contributed by atoms with Crippen LogP contribution in [0.5, 0.6) is 0 Å². The number of carbonyl (C=O) groups excluding carboxylic acids is 1. The summed E-state index contributed by atoms with van der Waals surface area (Å²) in [5.74, 6) is -0.739. The average Bonchev–Trinajstić information content (AvgIpc) is 2.93. The highest BCUT2D eigenvalue weighted by molar-refractivity contribution is 7.98. The second kappa shape index (κ2) is 12.6. The maximum Gasteiger partial charge on any atom is 0.416 e. The summed E-state index contributed by atoms with van der Waals surface area (Å²) in [6.07, 6.45) is -4.81. The molecule has 0 aliphatic heterocycles. The zero-order chi connectivity index (χ0) is 29.7. The van der Waals surface area contributed by atoms with Crippen molar-refractivity contribution >= 4 is 52.4 Å². The molecule has 1 aromatic heterocycles. The lowest BCUT2D eigenvalue weighted by atomic mass is 10.1. The molecule has 12 heteroatoms. The molecule has 3 aromatic carbocycles. The summed E-state index contributed by atoms with van der Waals surface area (Å²) >= 11 is 7.74. The molecule has 0 saturated heterocycles. The number of anilines is 3. The number of aliphatic carboxylic acids is 1. The van der Waals surface area contributed by atoms with Crippen molar-refractivity contribution in [3.05, 3.63) is 106 Å². The molecule has 0 bridgehead atoms. The minimum Gasteiger partial charge on any atom is -0.481 e. The van der Waals surface area contributed by atoms with E-state index in [0.717, 1.165) is 41.1 Å². The van der Waals surface area contributed by atoms with Gasteiger partial charge >= 0.3 is 12.1 Å². The van der Waals surface area contributed by atoms with E-state index < -0.39 is 23.6 Å². The summed E-state index contributed by atoms with van der Waals surface area (Å²) in [5.41, 5.74) is 2.76. The molecule has 0 unspecified atom stereocenters. The van der Waals surface area contributed by atoms with Gasteiger partial charge in [0.2, 0.25) is 0 Å². The van der Waals surface area contributed by atoms with Gasteiger partial charge in [0, 0.05) is 35.3 Å². The van der Waals surface area contributed by atoms with E-state index in [1.165, 1.54) is 11.8 Å². The number of nitrogens with one attached hydrogen (secondary N) is 1. The molecule has 0 radical (unpaired) electrons. The van der Waals surface area contributed by atoms with Gasteiger partial charge in [0.05, 0.1) is 12.0 Å². The van der Waals surface area contributed by atoms with Crippen LogP contribution in [-0.4, -0.2) is 34.0 Å². The Kier molecular flexibility index (Phi) is 9.19. The summed E-state index contributed by atoms with van der Waals surface area (Å²) in [6, 6.07) is 18.5. The Labute approximate surface area is 243 Å². The molecule has 0 saturated carbocycles. The summed E-state index contributed by atoms with van der Waals surface area (Å²) in [5, 5.41) is 12.5. The van der Waals surface area contributed by atoms with Gasteiger partial charge in [-0.2, -0.15) is 13.2 Å². The highest BCUT2D eigenvalue weighted by atomic mass is 35.5. The zero-order valence-corrected chi connectivity index (χ0v) is 23.4. The lowest BCUT2D eigenvalue weighted by Gasteiger charge is -2.23. The first-order valence-electron chi connectivity index (χ1n) is 12.2. The molecule has 4 rings (SSSR count). The van der Waals surface area contributed by atoms with E-state index in [4.69, 9.17) is 11.6 Å². The second-order valence-corrected chi connectivity index (χ2v) is 10.3. The third-order valence-corrected chi connectivity index (χ3v) is 7.32. The van der Waals surface area contributed by atoms with Crippen LogP contribution in [0.2, 0.25) is 5.15 Å². The van der Waals surface area contributed by atoms with Crippen molar-refractivity contribution in [1.82, 2.24) is 9.97 Å². The van der Waals surface area contributed by atoms with E-state index in [2.05, 4.69) is 15.3 Å². The normalized spacial score (nSPS) is 11.3. The number of aromatic nitrogens is 2. The Balaban J connectivity index is 1.46. The van der Waals surface area contributed by atoms with Crippen molar-refractivity contribution in [3.63, 3.8) is 0 Å². The van der Waals surface area contributed by atoms with Crippen LogP contribution in [-0.2, 0) is 23.1 Å². The number of benzene rings is 3. The third kappa shape index (κ3) is 7.56. The Morgan fingerprint density at radius 2 is 1.66 bits per heavy atom. The molecule has 0 aliphatic carbocycles. The molecule has 0 fully saturated rings. The van der Waals surface area contributed by atoms with Gasteiger partial charge in [0.25, 0.3) is 5.91 Å². The lowest BCUT2D eigenvalue weighted by molar-refractivity contribution is -0.138. The van der Waals surface area contributed by atoms with E-state index >= 15 is 0 Å². The number of alkyl halides is 3. The monoisotopic (exact) mass is 600 g/mol. The van der Waals surface area contributed by atoms with Crippen molar-refractivity contribution in [2.75, 3.05) is 17.3 Å². The zero-order valence-electron chi connectivity index (χ0n) is 21.9. The first kappa shape index (κ1) is 29.9. The SMILES string of the molecule is Cc1ccccc1N(C)c1nc(SCc2ccc(NC(=O)c3ccc(C(F)(F)F)cc3)cc2)nc(Cl)c1CC(=O)O. The molecule has 212 valence electrons. The minimum atomic E-state index is -4.47. The molecule has 4 aromatic rings. The highest BCUT2D eigenvalue weighted by Crippen LogP contribution is 2.34. The quantitative estimate of drug-likeness (QED) is 0.117. The molecule has 0 atom stereocenters. The minimum absolute atomic E-state index is 0.0571. The number of aryl methyl sites for hydroxylation is 1. The fourth-order valence-electron chi connectivity index (χ4n) is 3.97. The predicted octanol–water partition coefficient (Wildman–Crippen LogP) is 7.40. The molecular weight excluding hydrogens is 577 g/mol. The maximum absolute atomic E-state index is 12.8. The average molecular weight is 601 g/mol. The standard InChI is InChI=1S/C29H24ClF3N4O3S/c1-17-5-3-4-6-23(17)37(2)26-22(15-24(38)39)25(30)35-28(36-26)41-16-18-7-13-21(14-8-18)34-27(40)19-9-11-20(12-10-19)29(31,32)33/h3-14H,15-16H2,1-2H3,(H,34,40)(H,38,39). The number of amides is 1. The summed E-state index contributed by atoms with van der Waals surface area (Å²) in [4.78, 5) is 34.7. The van der Waals surface area contributed by atoms with Crippen LogP contribution in [0.15, 0.2) is 78.0 Å². The van der Waals surface area contributed by atoms with Gasteiger partial charge in [-0.15, -0.1) is 0 Å². The first-order valence-corrected chi connectivity index (χ1v) is 13.6. The van der Waals surface area contributed by atoms with Gasteiger partial charge in [0.1, 0.15) is 11.0 Å². The van der Waals surface area contributed by atoms with Crippen LogP contribution in [0.4, 0.5) is 30.4 Å². The van der Waals surface area contributed by atoms with Crippen LogP contribution in [0.1, 0.15) is 32.6 Å². The van der Waals surface area contributed by atoms with Crippen molar-refractivity contribution in [1.29, 1.82) is 0 Å². The van der Waals surface area contributed by atoms with Crippen molar-refractivity contribution in [2.45, 2.75) is 30.4 Å². The molecule has 1 amide bonds. The molecule has 0 spiro atoms. The van der Waals surface area contributed by atoms with Crippen LogP contribution >= 0.6 is 23.4 Å². The topological polar surface area (TPSA) is 95.4 Å². The smallest absolute Gasteiger partial charge is 0.416 e. The lowest BCUT2D eigenvalue weighted by Crippen LogP contribution is -2.18. The number of rotatable bonds is 9. The van der Waals surface area contributed by atoms with Crippen LogP contribution < -0.4 is 10.2 Å². The van der Waals surface area contributed by atoms with Crippen LogP contribution in [0.3, 0.4) is 0 Å². The summed E-state index contributed by atoms with van der Waals surface area (Å²) < 4.78 is 38.3. The number of carbonyl (C=O) groups is 2. The first-order chi connectivity index (χ1) is 19.4. The van der Waals surface area contributed by atoms with E-state index in [1.54, 1.807) is 36.2 Å². The number of nitrogens with zero attached hydrogens (tertiary/aromatic N) is 3. The number of carboxylic acid groups (broad SMARTS) is 1. The number of carboxylic acids is 1. The van der Waals surface area contributed by atoms with E-state index in [9.17, 15) is 27.9 Å². The van der Waals surface area contributed by atoms with Crippen LogP contribution in [0, 0.1) is 6.92 Å². The molecule has 1 heterocycles. The second-order valence-electron chi connectivity index (χ2n) is 9.03. The summed E-state index contributed by atoms with van der Waals surface area (Å²) in [6.45, 7) is 1.94. The Bertz CT molecular complexity index is 1570. The number of hydrogen-bond acceptors (Lipinski definition) is 6. The van der Waals surface area contributed by atoms with Crippen molar-refractivity contribution in [2.24, 2.45) is 0 Å². The third-order valence-electron chi connectivity index (χ3n) is 6.09. The van der Waals surface area contributed by atoms with E-state index in [1.807, 2.05) is 31.2 Å². The Morgan fingerprint density at radius 3 is 2.27 bits per heavy atom. The molecule has 41 heavy (non-hydrogen) atoms. The number of hydrogen-bond donors (Lipinski definition) is 2. The van der Waals surface area contributed by atoms with E-state index in [0.29, 0.717) is 28.0 Å². The maximum atomic E-state index is 12.8. The van der Waals surface area contributed by atoms with Gasteiger partial charge in [-0.1, -0.05) is 53.7 Å². The van der Waals surface area contributed by atoms with Gasteiger partial charge < -0.3 is 15.3 Å². The van der Waals surface area contributed by atoms with Gasteiger partial charge in [-0.3, -0.25) is 9.59 Å². The largest absolute Gasteiger partial charge is 0.481 e. The van der Waals surface area contributed by atoms with Gasteiger partial charge in [-0.25, -0.2) is 9.97 Å². The van der Waals surface area contributed by atoms with Crippen molar-refractivity contribution < 1.29 is 27.9 Å². The number of halogens is 4. The van der Waals surface area contributed by atoms with Crippen molar-refractivity contribution in [3.8, 4) is 0 Å². The predicted molar refractivity (Wildman–Crippen MR) is 153 cm³/mol. The van der Waals surface area contributed by atoms with Crippen LogP contribution in [0.25, 0.3) is 0 Å². The van der Waals surface area contributed by atoms with E-state index in [-0.39, 0.29) is 17.1 Å². The van der Waals surface area contributed by atoms with Gasteiger partial charge in [-0.05, 0) is 60.5 Å². The fraction of sp³-hybridized carbons (Fsp3) is 0.172.